The van der Waals surface area contributed by atoms with Crippen molar-refractivity contribution in [3.8, 4) is 5.75 Å². The minimum Gasteiger partial charge on any atom is -0.490 e. The van der Waals surface area contributed by atoms with Gasteiger partial charge in [-0.1, -0.05) is 18.2 Å². The number of carboxylic acids is 1. The zero-order valence-corrected chi connectivity index (χ0v) is 17.0. The van der Waals surface area contributed by atoms with Crippen LogP contribution in [0.2, 0.25) is 0 Å². The fourth-order valence-corrected chi connectivity index (χ4v) is 4.54. The summed E-state index contributed by atoms with van der Waals surface area (Å²) in [7, 11) is 0. The van der Waals surface area contributed by atoms with Crippen molar-refractivity contribution in [1.29, 1.82) is 0 Å². The number of aliphatic hydroxyl groups excluding tert-OH is 2. The fraction of sp³-hybridized carbons (Fsp3) is 0.609. The Hall–Kier alpha value is -1.96. The molecule has 0 aromatic heterocycles. The fourth-order valence-electron chi connectivity index (χ4n) is 4.54. The van der Waals surface area contributed by atoms with Crippen molar-refractivity contribution in [2.75, 3.05) is 13.2 Å². The number of hydrogen-bond acceptors (Lipinski definition) is 5. The maximum absolute atomic E-state index is 13.2. The van der Waals surface area contributed by atoms with E-state index in [2.05, 4.69) is 0 Å². The summed E-state index contributed by atoms with van der Waals surface area (Å²) in [6.45, 7) is 0.604. The molecule has 1 aliphatic heterocycles. The van der Waals surface area contributed by atoms with Crippen LogP contribution in [-0.2, 0) is 9.53 Å². The maximum Gasteiger partial charge on any atom is 0.303 e. The third-order valence-electron chi connectivity index (χ3n) is 6.12. The molecule has 30 heavy (non-hydrogen) atoms. The predicted molar refractivity (Wildman–Crippen MR) is 109 cm³/mol. The molecule has 0 amide bonds. The van der Waals surface area contributed by atoms with Gasteiger partial charge in [0, 0.05) is 31.4 Å². The van der Waals surface area contributed by atoms with Crippen molar-refractivity contribution in [2.45, 2.75) is 56.8 Å². The van der Waals surface area contributed by atoms with Crippen LogP contribution in [0.5, 0.6) is 5.75 Å². The van der Waals surface area contributed by atoms with Crippen molar-refractivity contribution in [2.24, 2.45) is 17.8 Å². The molecule has 7 heteroatoms. The Bertz CT molecular complexity index is 723. The summed E-state index contributed by atoms with van der Waals surface area (Å²) in [5.41, 5.74) is 0. The van der Waals surface area contributed by atoms with Crippen molar-refractivity contribution < 1.29 is 34.0 Å². The lowest BCUT2D eigenvalue weighted by atomic mass is 9.86. The van der Waals surface area contributed by atoms with Gasteiger partial charge in [0.2, 0.25) is 0 Å². The van der Waals surface area contributed by atoms with Crippen molar-refractivity contribution in [3.63, 3.8) is 0 Å². The van der Waals surface area contributed by atoms with Gasteiger partial charge < -0.3 is 24.8 Å². The molecule has 3 rings (SSSR count). The van der Waals surface area contributed by atoms with Gasteiger partial charge in [-0.3, -0.25) is 4.79 Å². The Morgan fingerprint density at radius 2 is 2.20 bits per heavy atom. The molecule has 166 valence electrons. The highest BCUT2D eigenvalue weighted by Crippen LogP contribution is 2.42. The Morgan fingerprint density at radius 1 is 1.37 bits per heavy atom. The maximum atomic E-state index is 13.2. The Balaban J connectivity index is 1.49. The Labute approximate surface area is 176 Å². The van der Waals surface area contributed by atoms with Gasteiger partial charge >= 0.3 is 5.97 Å². The molecule has 1 saturated carbocycles. The van der Waals surface area contributed by atoms with Crippen LogP contribution in [0, 0.1) is 23.6 Å². The lowest BCUT2D eigenvalue weighted by Gasteiger charge is -2.21. The number of aliphatic carboxylic acids is 1. The van der Waals surface area contributed by atoms with Gasteiger partial charge in [0.1, 0.15) is 24.3 Å². The number of aliphatic hydroxyl groups is 2. The predicted octanol–water partition coefficient (Wildman–Crippen LogP) is 3.17. The zero-order valence-electron chi connectivity index (χ0n) is 17.0. The van der Waals surface area contributed by atoms with E-state index in [9.17, 15) is 19.4 Å². The van der Waals surface area contributed by atoms with E-state index in [4.69, 9.17) is 14.6 Å². The molecule has 1 heterocycles. The standard InChI is InChI=1S/C23H31FO6/c24-16-4-2-5-18(11-16)29-14-17(25)8-10-19-20-9-7-15(3-1-6-23(27)28)13-30-22(20)12-21(19)26/h2,4-5,8,10-11,15,17,19-22,25-26H,1,3,6-7,9,12-14H2,(H,27,28)/t15-,17+,19+,20+,21+,22-/m0/s1. The van der Waals surface area contributed by atoms with Gasteiger partial charge in [-0.05, 0) is 49.7 Å². The highest BCUT2D eigenvalue weighted by molar-refractivity contribution is 5.66. The van der Waals surface area contributed by atoms with Gasteiger partial charge in [-0.2, -0.15) is 0 Å². The highest BCUT2D eigenvalue weighted by Gasteiger charge is 2.43. The van der Waals surface area contributed by atoms with Crippen molar-refractivity contribution in [3.05, 3.63) is 42.2 Å². The minimum absolute atomic E-state index is 0.000977. The number of carboxylic acid groups (broad SMARTS) is 1. The number of rotatable bonds is 9. The van der Waals surface area contributed by atoms with E-state index in [0.29, 0.717) is 31.1 Å². The summed E-state index contributed by atoms with van der Waals surface area (Å²) in [5, 5.41) is 29.5. The largest absolute Gasteiger partial charge is 0.490 e. The minimum atomic E-state index is -0.866. The van der Waals surface area contributed by atoms with Gasteiger partial charge in [0.05, 0.1) is 12.2 Å². The molecule has 6 nitrogen and oxygen atoms in total. The molecule has 3 N–H and O–H groups in total. The highest BCUT2D eigenvalue weighted by atomic mass is 19.1. The molecule has 2 aliphatic rings. The monoisotopic (exact) mass is 422 g/mol. The van der Waals surface area contributed by atoms with Crippen LogP contribution in [0.25, 0.3) is 0 Å². The second-order valence-corrected chi connectivity index (χ2v) is 8.37. The van der Waals surface area contributed by atoms with E-state index in [0.717, 1.165) is 19.3 Å². The zero-order chi connectivity index (χ0) is 21.5. The van der Waals surface area contributed by atoms with E-state index in [1.165, 1.54) is 12.1 Å². The first-order valence-corrected chi connectivity index (χ1v) is 10.7. The summed E-state index contributed by atoms with van der Waals surface area (Å²) in [6.07, 6.45) is 6.18. The number of carbonyl (C=O) groups is 1. The first-order chi connectivity index (χ1) is 14.4. The smallest absolute Gasteiger partial charge is 0.303 e. The molecular formula is C23H31FO6. The van der Waals surface area contributed by atoms with Crippen molar-refractivity contribution >= 4 is 5.97 Å². The third-order valence-corrected chi connectivity index (χ3v) is 6.12. The topological polar surface area (TPSA) is 96.2 Å². The Morgan fingerprint density at radius 3 is 2.97 bits per heavy atom. The van der Waals surface area contributed by atoms with Crippen LogP contribution >= 0.6 is 0 Å². The summed E-state index contributed by atoms with van der Waals surface area (Å²) in [5.74, 6) is -0.382. The van der Waals surface area contributed by atoms with Crippen LogP contribution in [0.4, 0.5) is 4.39 Å². The van der Waals surface area contributed by atoms with Gasteiger partial charge in [0.25, 0.3) is 0 Å². The van der Waals surface area contributed by atoms with E-state index < -0.39 is 24.0 Å². The molecule has 0 unspecified atom stereocenters. The molecule has 2 fully saturated rings. The average molecular weight is 422 g/mol. The van der Waals surface area contributed by atoms with Gasteiger partial charge in [-0.15, -0.1) is 0 Å². The SMILES string of the molecule is O=C(O)CCC[C@H]1CC[C@@H]2[C@@H](C=C[C@@H](O)COc3cccc(F)c3)[C@H](O)C[C@@H]2OC1. The number of hydrogen-bond donors (Lipinski definition) is 3. The molecule has 1 aromatic carbocycles. The normalized spacial score (nSPS) is 30.0. The summed E-state index contributed by atoms with van der Waals surface area (Å²) in [6, 6.07) is 5.76. The molecular weight excluding hydrogens is 391 g/mol. The second kappa shape index (κ2) is 10.9. The number of ether oxygens (including phenoxy) is 2. The number of fused-ring (bicyclic) bond motifs is 1. The summed E-state index contributed by atoms with van der Waals surface area (Å²) < 4.78 is 24.7. The second-order valence-electron chi connectivity index (χ2n) is 8.37. The lowest BCUT2D eigenvalue weighted by molar-refractivity contribution is -0.137. The van der Waals surface area contributed by atoms with E-state index >= 15 is 0 Å². The van der Waals surface area contributed by atoms with Crippen LogP contribution < -0.4 is 4.74 Å². The Kier molecular flexibility index (Phi) is 8.24. The summed E-state index contributed by atoms with van der Waals surface area (Å²) >= 11 is 0. The first-order valence-electron chi connectivity index (χ1n) is 10.7. The first kappa shape index (κ1) is 22.7. The van der Waals surface area contributed by atoms with E-state index in [1.54, 1.807) is 18.2 Å². The van der Waals surface area contributed by atoms with E-state index in [1.807, 2.05) is 6.08 Å². The van der Waals surface area contributed by atoms with Crippen LogP contribution in [-0.4, -0.2) is 52.8 Å². The van der Waals surface area contributed by atoms with Crippen LogP contribution in [0.1, 0.15) is 38.5 Å². The molecule has 6 atom stereocenters. The molecule has 0 bridgehead atoms. The van der Waals surface area contributed by atoms with Crippen LogP contribution in [0.3, 0.4) is 0 Å². The lowest BCUT2D eigenvalue weighted by Crippen LogP contribution is -2.22. The van der Waals surface area contributed by atoms with E-state index in [-0.39, 0.29) is 31.0 Å². The molecule has 1 saturated heterocycles. The van der Waals surface area contributed by atoms with Gasteiger partial charge in [-0.25, -0.2) is 4.39 Å². The average Bonchev–Trinajstić information content (AvgIpc) is 2.86. The quantitative estimate of drug-likeness (QED) is 0.529. The number of halogens is 1. The molecule has 1 aliphatic carbocycles. The molecule has 0 radical (unpaired) electrons. The van der Waals surface area contributed by atoms with Crippen LogP contribution in [0.15, 0.2) is 36.4 Å². The number of benzene rings is 1. The third kappa shape index (κ3) is 6.52. The molecule has 1 aromatic rings. The van der Waals surface area contributed by atoms with Crippen molar-refractivity contribution in [1.82, 2.24) is 0 Å². The summed E-state index contributed by atoms with van der Waals surface area (Å²) in [4.78, 5) is 10.7. The van der Waals surface area contributed by atoms with Gasteiger partial charge in [0.15, 0.2) is 0 Å². The molecule has 0 spiro atoms.